The van der Waals surface area contributed by atoms with E-state index >= 15 is 0 Å². The summed E-state index contributed by atoms with van der Waals surface area (Å²) in [5, 5.41) is 6.91. The molecule has 2 aromatic rings. The van der Waals surface area contributed by atoms with Crippen LogP contribution in [-0.2, 0) is 11.2 Å². The summed E-state index contributed by atoms with van der Waals surface area (Å²) in [5.41, 5.74) is 8.45. The Morgan fingerprint density at radius 3 is 2.96 bits per heavy atom. The highest BCUT2D eigenvalue weighted by molar-refractivity contribution is 5.79. The van der Waals surface area contributed by atoms with E-state index in [9.17, 15) is 4.79 Å². The fourth-order valence-electron chi connectivity index (χ4n) is 3.34. The van der Waals surface area contributed by atoms with Crippen LogP contribution in [0.4, 0.5) is 5.69 Å². The van der Waals surface area contributed by atoms with Crippen molar-refractivity contribution in [2.75, 3.05) is 32.0 Å². The van der Waals surface area contributed by atoms with Crippen molar-refractivity contribution in [1.82, 2.24) is 15.1 Å². The number of hydrogen-bond donors (Lipinski definition) is 2. The van der Waals surface area contributed by atoms with Crippen LogP contribution in [-0.4, -0.2) is 47.3 Å². The molecule has 1 fully saturated rings. The molecule has 2 aliphatic heterocycles. The highest BCUT2D eigenvalue weighted by Gasteiger charge is 2.29. The first-order valence-corrected chi connectivity index (χ1v) is 8.16. The lowest BCUT2D eigenvalue weighted by Crippen LogP contribution is -2.30. The van der Waals surface area contributed by atoms with Crippen LogP contribution in [0.5, 0.6) is 11.5 Å². The first-order chi connectivity index (χ1) is 11.7. The fourth-order valence-corrected chi connectivity index (χ4v) is 3.34. The van der Waals surface area contributed by atoms with E-state index < -0.39 is 0 Å². The van der Waals surface area contributed by atoms with E-state index in [1.54, 1.807) is 6.20 Å². The van der Waals surface area contributed by atoms with Gasteiger partial charge < -0.3 is 20.1 Å². The summed E-state index contributed by atoms with van der Waals surface area (Å²) in [6.07, 6.45) is 2.89. The van der Waals surface area contributed by atoms with Crippen molar-refractivity contribution in [3.63, 3.8) is 0 Å². The lowest BCUT2D eigenvalue weighted by atomic mass is 10.0. The summed E-state index contributed by atoms with van der Waals surface area (Å²) >= 11 is 0. The van der Waals surface area contributed by atoms with Crippen LogP contribution in [0, 0.1) is 0 Å². The number of carbonyl (C=O) groups is 1. The molecule has 0 saturated carbocycles. The molecule has 2 aliphatic rings. The van der Waals surface area contributed by atoms with Crippen molar-refractivity contribution in [1.29, 1.82) is 0 Å². The molecule has 3 heterocycles. The number of nitrogen functional groups attached to an aromatic ring is 1. The molecule has 0 spiro atoms. The summed E-state index contributed by atoms with van der Waals surface area (Å²) in [4.78, 5) is 14.5. The third kappa shape index (κ3) is 2.77. The van der Waals surface area contributed by atoms with Gasteiger partial charge in [-0.15, -0.1) is 0 Å². The van der Waals surface area contributed by atoms with Crippen molar-refractivity contribution < 1.29 is 14.3 Å². The maximum Gasteiger partial charge on any atom is 0.227 e. The van der Waals surface area contributed by atoms with Crippen molar-refractivity contribution in [2.24, 2.45) is 0 Å². The SMILES string of the molecule is Nc1cn[nH]c1C1CCN(C(=O)Cc2ccc3c(c2)OCCO3)C1. The summed E-state index contributed by atoms with van der Waals surface area (Å²) in [6.45, 7) is 2.53. The molecule has 1 unspecified atom stereocenters. The number of carbonyl (C=O) groups excluding carboxylic acids is 1. The summed E-state index contributed by atoms with van der Waals surface area (Å²) in [7, 11) is 0. The standard InChI is InChI=1S/C17H20N4O3/c18-13-9-19-20-17(13)12-3-4-21(10-12)16(22)8-11-1-2-14-15(7-11)24-6-5-23-14/h1-2,7,9,12H,3-6,8,10,18H2,(H,19,20). The molecule has 0 aliphatic carbocycles. The van der Waals surface area contributed by atoms with Crippen LogP contribution in [0.3, 0.4) is 0 Å². The minimum absolute atomic E-state index is 0.118. The van der Waals surface area contributed by atoms with Gasteiger partial charge in [0.2, 0.25) is 5.91 Å². The smallest absolute Gasteiger partial charge is 0.227 e. The van der Waals surface area contributed by atoms with Gasteiger partial charge in [-0.05, 0) is 24.1 Å². The molecular weight excluding hydrogens is 308 g/mol. The Labute approximate surface area is 139 Å². The molecule has 4 rings (SSSR count). The number of hydrogen-bond acceptors (Lipinski definition) is 5. The van der Waals surface area contributed by atoms with Crippen molar-refractivity contribution in [3.05, 3.63) is 35.7 Å². The lowest BCUT2D eigenvalue weighted by molar-refractivity contribution is -0.129. The second-order valence-corrected chi connectivity index (χ2v) is 6.22. The molecule has 7 heteroatoms. The van der Waals surface area contributed by atoms with Gasteiger partial charge in [-0.25, -0.2) is 0 Å². The van der Waals surface area contributed by atoms with Gasteiger partial charge in [0.1, 0.15) is 13.2 Å². The molecule has 1 aromatic carbocycles. The van der Waals surface area contributed by atoms with Crippen LogP contribution < -0.4 is 15.2 Å². The number of amides is 1. The highest BCUT2D eigenvalue weighted by atomic mass is 16.6. The van der Waals surface area contributed by atoms with E-state index in [4.69, 9.17) is 15.2 Å². The number of benzene rings is 1. The molecular formula is C17H20N4O3. The van der Waals surface area contributed by atoms with Crippen LogP contribution >= 0.6 is 0 Å². The Morgan fingerprint density at radius 1 is 1.33 bits per heavy atom. The molecule has 1 aromatic heterocycles. The zero-order valence-electron chi connectivity index (χ0n) is 13.3. The van der Waals surface area contributed by atoms with Gasteiger partial charge in [0.15, 0.2) is 11.5 Å². The minimum Gasteiger partial charge on any atom is -0.486 e. The van der Waals surface area contributed by atoms with Crippen LogP contribution in [0.15, 0.2) is 24.4 Å². The Kier molecular flexibility index (Phi) is 3.76. The lowest BCUT2D eigenvalue weighted by Gasteiger charge is -2.20. The Balaban J connectivity index is 1.41. The molecule has 0 radical (unpaired) electrons. The van der Waals surface area contributed by atoms with Crippen molar-refractivity contribution in [2.45, 2.75) is 18.8 Å². The average molecular weight is 328 g/mol. The third-order valence-corrected chi connectivity index (χ3v) is 4.61. The zero-order chi connectivity index (χ0) is 16.5. The Hall–Kier alpha value is -2.70. The minimum atomic E-state index is 0.118. The Morgan fingerprint density at radius 2 is 2.17 bits per heavy atom. The van der Waals surface area contributed by atoms with Crippen LogP contribution in [0.2, 0.25) is 0 Å². The molecule has 1 amide bonds. The number of H-pyrrole nitrogens is 1. The number of aromatic amines is 1. The van der Waals surface area contributed by atoms with E-state index in [1.165, 1.54) is 0 Å². The average Bonchev–Trinajstić information content (AvgIpc) is 3.23. The summed E-state index contributed by atoms with van der Waals surface area (Å²) in [6, 6.07) is 5.69. The topological polar surface area (TPSA) is 93.5 Å². The quantitative estimate of drug-likeness (QED) is 0.886. The van der Waals surface area contributed by atoms with E-state index in [1.807, 2.05) is 23.1 Å². The van der Waals surface area contributed by atoms with Gasteiger partial charge in [-0.2, -0.15) is 5.10 Å². The van der Waals surface area contributed by atoms with Gasteiger partial charge in [-0.1, -0.05) is 6.07 Å². The zero-order valence-corrected chi connectivity index (χ0v) is 13.3. The van der Waals surface area contributed by atoms with Gasteiger partial charge >= 0.3 is 0 Å². The highest BCUT2D eigenvalue weighted by Crippen LogP contribution is 2.32. The molecule has 24 heavy (non-hydrogen) atoms. The number of nitrogens with zero attached hydrogens (tertiary/aromatic N) is 2. The van der Waals surface area contributed by atoms with E-state index in [2.05, 4.69) is 10.2 Å². The maximum atomic E-state index is 12.6. The third-order valence-electron chi connectivity index (χ3n) is 4.61. The van der Waals surface area contributed by atoms with E-state index in [0.29, 0.717) is 31.9 Å². The number of nitrogens with one attached hydrogen (secondary N) is 1. The van der Waals surface area contributed by atoms with E-state index in [-0.39, 0.29) is 11.8 Å². The van der Waals surface area contributed by atoms with Crippen molar-refractivity contribution >= 4 is 11.6 Å². The number of rotatable bonds is 3. The molecule has 3 N–H and O–H groups in total. The first-order valence-electron chi connectivity index (χ1n) is 8.16. The summed E-state index contributed by atoms with van der Waals surface area (Å²) in [5.74, 6) is 1.81. The second kappa shape index (κ2) is 6.07. The number of fused-ring (bicyclic) bond motifs is 1. The number of nitrogens with two attached hydrogens (primary N) is 1. The van der Waals surface area contributed by atoms with Crippen LogP contribution in [0.25, 0.3) is 0 Å². The number of ether oxygens (including phenoxy) is 2. The largest absolute Gasteiger partial charge is 0.486 e. The fraction of sp³-hybridized carbons (Fsp3) is 0.412. The van der Waals surface area contributed by atoms with Gasteiger partial charge in [0.25, 0.3) is 0 Å². The maximum absolute atomic E-state index is 12.6. The predicted molar refractivity (Wildman–Crippen MR) is 88.1 cm³/mol. The molecule has 1 atom stereocenters. The molecule has 126 valence electrons. The van der Waals surface area contributed by atoms with Crippen molar-refractivity contribution in [3.8, 4) is 11.5 Å². The second-order valence-electron chi connectivity index (χ2n) is 6.22. The van der Waals surface area contributed by atoms with Gasteiger partial charge in [0, 0.05) is 19.0 Å². The molecule has 0 bridgehead atoms. The number of anilines is 1. The monoisotopic (exact) mass is 328 g/mol. The Bertz CT molecular complexity index is 758. The molecule has 7 nitrogen and oxygen atoms in total. The van der Waals surface area contributed by atoms with Gasteiger partial charge in [-0.3, -0.25) is 9.89 Å². The van der Waals surface area contributed by atoms with Gasteiger partial charge in [0.05, 0.1) is 24.0 Å². The molecule has 1 saturated heterocycles. The number of likely N-dealkylation sites (tertiary alicyclic amines) is 1. The first kappa shape index (κ1) is 14.9. The normalized spacial score (nSPS) is 19.5. The summed E-state index contributed by atoms with van der Waals surface area (Å²) < 4.78 is 11.1. The number of aromatic nitrogens is 2. The van der Waals surface area contributed by atoms with Crippen LogP contribution in [0.1, 0.15) is 23.6 Å². The van der Waals surface area contributed by atoms with E-state index in [0.717, 1.165) is 35.7 Å². The predicted octanol–water partition coefficient (Wildman–Crippen LogP) is 1.32.